The Bertz CT molecular complexity index is 1590. The SMILES string of the molecule is COc1cc(/C=C2\SC(=O)N(CC(=O)Nc3cccc(C(F)(F)F)c3)C2=O)c(Br)cc1OCc1ccc(C(=O)O)cc1. The number of hydrogen-bond acceptors (Lipinski definition) is 7. The number of hydrogen-bond donors (Lipinski definition) is 2. The second kappa shape index (κ2) is 12.7. The molecule has 0 aromatic heterocycles. The zero-order valence-corrected chi connectivity index (χ0v) is 23.9. The Kier molecular flexibility index (Phi) is 9.27. The van der Waals surface area contributed by atoms with Gasteiger partial charge in [0.1, 0.15) is 13.2 Å². The Morgan fingerprint density at radius 1 is 1.07 bits per heavy atom. The number of aromatic carboxylic acids is 1. The molecule has 42 heavy (non-hydrogen) atoms. The minimum Gasteiger partial charge on any atom is -0.493 e. The number of alkyl halides is 3. The lowest BCUT2D eigenvalue weighted by atomic mass is 10.1. The van der Waals surface area contributed by atoms with E-state index < -0.39 is 41.3 Å². The maximum Gasteiger partial charge on any atom is 0.416 e. The smallest absolute Gasteiger partial charge is 0.416 e. The van der Waals surface area contributed by atoms with E-state index in [0.29, 0.717) is 43.8 Å². The van der Waals surface area contributed by atoms with Crippen LogP contribution in [-0.4, -0.2) is 46.7 Å². The number of nitrogens with zero attached hydrogens (tertiary/aromatic N) is 1. The largest absolute Gasteiger partial charge is 0.493 e. The lowest BCUT2D eigenvalue weighted by Crippen LogP contribution is -2.36. The first-order valence-corrected chi connectivity index (χ1v) is 13.5. The van der Waals surface area contributed by atoms with Crippen molar-refractivity contribution in [2.45, 2.75) is 12.8 Å². The van der Waals surface area contributed by atoms with Crippen molar-refractivity contribution < 1.29 is 46.9 Å². The first-order chi connectivity index (χ1) is 19.8. The van der Waals surface area contributed by atoms with Gasteiger partial charge < -0.3 is 19.9 Å². The van der Waals surface area contributed by atoms with Crippen LogP contribution in [0.15, 0.2) is 70.0 Å². The molecule has 14 heteroatoms. The summed E-state index contributed by atoms with van der Waals surface area (Å²) < 4.78 is 50.6. The predicted octanol–water partition coefficient (Wildman–Crippen LogP) is 6.43. The number of amides is 3. The molecule has 218 valence electrons. The first-order valence-electron chi connectivity index (χ1n) is 11.9. The maximum atomic E-state index is 12.9. The average molecular weight is 665 g/mol. The summed E-state index contributed by atoms with van der Waals surface area (Å²) in [6.07, 6.45) is -3.17. The molecule has 0 spiro atoms. The molecule has 1 aliphatic heterocycles. The zero-order chi connectivity index (χ0) is 30.6. The molecule has 0 radical (unpaired) electrons. The van der Waals surface area contributed by atoms with E-state index in [4.69, 9.17) is 14.6 Å². The number of halogens is 4. The molecule has 1 fully saturated rings. The quantitative estimate of drug-likeness (QED) is 0.251. The highest BCUT2D eigenvalue weighted by molar-refractivity contribution is 9.10. The number of carbonyl (C=O) groups excluding carboxylic acids is 3. The van der Waals surface area contributed by atoms with Gasteiger partial charge in [-0.3, -0.25) is 19.3 Å². The summed E-state index contributed by atoms with van der Waals surface area (Å²) in [4.78, 5) is 49.6. The molecule has 0 bridgehead atoms. The van der Waals surface area contributed by atoms with Crippen molar-refractivity contribution in [2.75, 3.05) is 19.0 Å². The molecule has 0 atom stereocenters. The summed E-state index contributed by atoms with van der Waals surface area (Å²) in [6.45, 7) is -0.577. The van der Waals surface area contributed by atoms with Gasteiger partial charge in [0.15, 0.2) is 11.5 Å². The Labute approximate surface area is 249 Å². The number of thioether (sulfide) groups is 1. The number of carboxylic acids is 1. The van der Waals surface area contributed by atoms with E-state index in [1.54, 1.807) is 24.3 Å². The van der Waals surface area contributed by atoms with Crippen LogP contribution in [-0.2, 0) is 22.4 Å². The Balaban J connectivity index is 1.45. The van der Waals surface area contributed by atoms with Crippen LogP contribution < -0.4 is 14.8 Å². The minimum atomic E-state index is -4.60. The minimum absolute atomic E-state index is 0.0156. The van der Waals surface area contributed by atoms with Crippen molar-refractivity contribution >= 4 is 62.5 Å². The molecule has 1 aliphatic rings. The molecule has 1 heterocycles. The van der Waals surface area contributed by atoms with Gasteiger partial charge in [-0.25, -0.2) is 4.79 Å². The van der Waals surface area contributed by atoms with E-state index in [2.05, 4.69) is 21.2 Å². The molecular formula is C28H20BrF3N2O7S. The number of imide groups is 1. The van der Waals surface area contributed by atoms with Crippen LogP contribution in [0.2, 0.25) is 0 Å². The van der Waals surface area contributed by atoms with E-state index in [1.807, 2.05) is 0 Å². The molecular weight excluding hydrogens is 645 g/mol. The van der Waals surface area contributed by atoms with Crippen LogP contribution >= 0.6 is 27.7 Å². The van der Waals surface area contributed by atoms with Gasteiger partial charge in [0.25, 0.3) is 11.1 Å². The van der Waals surface area contributed by atoms with Crippen LogP contribution in [0.3, 0.4) is 0 Å². The monoisotopic (exact) mass is 664 g/mol. The van der Waals surface area contributed by atoms with Crippen LogP contribution in [0.25, 0.3) is 6.08 Å². The van der Waals surface area contributed by atoms with E-state index in [1.165, 1.54) is 31.4 Å². The summed E-state index contributed by atoms with van der Waals surface area (Å²) >= 11 is 4.01. The number of carbonyl (C=O) groups is 4. The van der Waals surface area contributed by atoms with Gasteiger partial charge in [-0.2, -0.15) is 13.2 Å². The van der Waals surface area contributed by atoms with Crippen molar-refractivity contribution in [3.8, 4) is 11.5 Å². The van der Waals surface area contributed by atoms with Gasteiger partial charge in [0.2, 0.25) is 5.91 Å². The molecule has 3 amide bonds. The highest BCUT2D eigenvalue weighted by atomic mass is 79.9. The number of methoxy groups -OCH3 is 1. The van der Waals surface area contributed by atoms with Gasteiger partial charge in [0, 0.05) is 10.2 Å². The second-order valence-corrected chi connectivity index (χ2v) is 10.6. The molecule has 0 aliphatic carbocycles. The van der Waals surface area contributed by atoms with Crippen LogP contribution in [0.4, 0.5) is 23.7 Å². The zero-order valence-electron chi connectivity index (χ0n) is 21.5. The van der Waals surface area contributed by atoms with Gasteiger partial charge >= 0.3 is 12.1 Å². The second-order valence-electron chi connectivity index (χ2n) is 8.71. The fraction of sp³-hybridized carbons (Fsp3) is 0.143. The standard InChI is InChI=1S/C28H20BrF3N2O7S/c1-40-21-9-17(20(29)12-22(21)41-14-15-5-7-16(8-6-15)26(37)38)10-23-25(36)34(27(39)42-23)13-24(35)33-19-4-2-3-18(11-19)28(30,31)32/h2-12H,13-14H2,1H3,(H,33,35)(H,37,38)/b23-10-. The van der Waals surface area contributed by atoms with E-state index in [9.17, 15) is 32.3 Å². The molecule has 9 nitrogen and oxygen atoms in total. The molecule has 0 unspecified atom stereocenters. The van der Waals surface area contributed by atoms with Crippen molar-refractivity contribution in [1.29, 1.82) is 0 Å². The molecule has 2 N–H and O–H groups in total. The normalized spacial score (nSPS) is 14.3. The summed E-state index contributed by atoms with van der Waals surface area (Å²) in [5.41, 5.74) is 0.232. The molecule has 0 saturated carbocycles. The summed E-state index contributed by atoms with van der Waals surface area (Å²) in [7, 11) is 1.42. The average Bonchev–Trinajstić information content (AvgIpc) is 3.20. The number of ether oxygens (including phenoxy) is 2. The summed E-state index contributed by atoms with van der Waals surface area (Å²) in [5.74, 6) is -1.98. The number of anilines is 1. The van der Waals surface area contributed by atoms with Crippen molar-refractivity contribution in [2.24, 2.45) is 0 Å². The van der Waals surface area contributed by atoms with Gasteiger partial charge in [-0.1, -0.05) is 34.1 Å². The van der Waals surface area contributed by atoms with E-state index >= 15 is 0 Å². The Hall–Kier alpha value is -4.30. The predicted molar refractivity (Wildman–Crippen MR) is 151 cm³/mol. The van der Waals surface area contributed by atoms with Crippen LogP contribution in [0.1, 0.15) is 27.0 Å². The molecule has 4 rings (SSSR count). The number of nitrogens with one attached hydrogen (secondary N) is 1. The van der Waals surface area contributed by atoms with E-state index in [-0.39, 0.29) is 22.8 Å². The number of rotatable bonds is 9. The fourth-order valence-corrected chi connectivity index (χ4v) is 5.00. The Morgan fingerprint density at radius 2 is 1.79 bits per heavy atom. The lowest BCUT2D eigenvalue weighted by molar-refractivity contribution is -0.137. The maximum absolute atomic E-state index is 12.9. The highest BCUT2D eigenvalue weighted by Gasteiger charge is 2.37. The van der Waals surface area contributed by atoms with Crippen molar-refractivity contribution in [1.82, 2.24) is 4.90 Å². The molecule has 3 aromatic carbocycles. The van der Waals surface area contributed by atoms with Gasteiger partial charge in [0.05, 0.1) is 23.1 Å². The third kappa shape index (κ3) is 7.31. The summed E-state index contributed by atoms with van der Waals surface area (Å²) in [6, 6.07) is 13.3. The third-order valence-corrected chi connectivity index (χ3v) is 7.41. The molecule has 3 aromatic rings. The van der Waals surface area contributed by atoms with Gasteiger partial charge in [-0.15, -0.1) is 0 Å². The van der Waals surface area contributed by atoms with Crippen molar-refractivity contribution in [3.05, 3.63) is 92.3 Å². The summed E-state index contributed by atoms with van der Waals surface area (Å²) in [5, 5.41) is 10.6. The number of benzene rings is 3. The topological polar surface area (TPSA) is 122 Å². The molecule has 1 saturated heterocycles. The first kappa shape index (κ1) is 30.7. The fourth-order valence-electron chi connectivity index (χ4n) is 3.73. The number of carboxylic acid groups (broad SMARTS) is 1. The van der Waals surface area contributed by atoms with E-state index in [0.717, 1.165) is 18.2 Å². The van der Waals surface area contributed by atoms with Crippen molar-refractivity contribution in [3.63, 3.8) is 0 Å². The van der Waals surface area contributed by atoms with Gasteiger partial charge in [-0.05, 0) is 71.4 Å². The lowest BCUT2D eigenvalue weighted by Gasteiger charge is -2.14. The third-order valence-electron chi connectivity index (χ3n) is 5.81. The van der Waals surface area contributed by atoms with Crippen LogP contribution in [0, 0.1) is 0 Å². The van der Waals surface area contributed by atoms with Crippen LogP contribution in [0.5, 0.6) is 11.5 Å². The Morgan fingerprint density at radius 3 is 2.43 bits per heavy atom. The highest BCUT2D eigenvalue weighted by Crippen LogP contribution is 2.38.